The third-order valence-electron chi connectivity index (χ3n) is 7.76. The van der Waals surface area contributed by atoms with Crippen molar-refractivity contribution in [3.05, 3.63) is 42.6 Å². The van der Waals surface area contributed by atoms with Crippen LogP contribution in [-0.2, 0) is 9.53 Å². The maximum Gasteiger partial charge on any atom is 0.349 e. The van der Waals surface area contributed by atoms with E-state index in [1.165, 1.54) is 19.3 Å². The number of nitrogens with one attached hydrogen (secondary N) is 2. The number of benzene rings is 1. The maximum absolute atomic E-state index is 12.8. The van der Waals surface area contributed by atoms with E-state index in [9.17, 15) is 9.59 Å². The molecule has 0 atom stereocenters. The molecule has 0 unspecified atom stereocenters. The zero-order chi connectivity index (χ0) is 24.6. The average Bonchev–Trinajstić information content (AvgIpc) is 2.79. The molecule has 0 spiro atoms. The molecule has 7 heteroatoms. The number of anilines is 1. The van der Waals surface area contributed by atoms with Crippen molar-refractivity contribution in [2.75, 3.05) is 11.9 Å². The molecular formula is C28H35N3O4. The van der Waals surface area contributed by atoms with E-state index in [-0.39, 0.29) is 11.6 Å². The summed E-state index contributed by atoms with van der Waals surface area (Å²) < 4.78 is 10.8. The number of carbonyl (C=O) groups excluding carboxylic acids is 2. The van der Waals surface area contributed by atoms with E-state index in [1.54, 1.807) is 33.0 Å². The van der Waals surface area contributed by atoms with Crippen LogP contribution in [0.3, 0.4) is 0 Å². The Morgan fingerprint density at radius 3 is 2.11 bits per heavy atom. The van der Waals surface area contributed by atoms with Gasteiger partial charge < -0.3 is 20.1 Å². The summed E-state index contributed by atoms with van der Waals surface area (Å²) >= 11 is 0. The third kappa shape index (κ3) is 5.14. The molecule has 1 heterocycles. The van der Waals surface area contributed by atoms with Crippen LogP contribution in [0, 0.1) is 17.8 Å². The lowest BCUT2D eigenvalue weighted by atomic mass is 9.53. The first-order chi connectivity index (χ1) is 16.7. The first-order valence-corrected chi connectivity index (χ1v) is 12.8. The second kappa shape index (κ2) is 9.17. The fraction of sp³-hybridized carbons (Fsp3) is 0.536. The molecule has 0 saturated heterocycles. The molecule has 1 aromatic carbocycles. The zero-order valence-electron chi connectivity index (χ0n) is 20.8. The minimum absolute atomic E-state index is 0.00387. The van der Waals surface area contributed by atoms with Gasteiger partial charge in [0.2, 0.25) is 11.5 Å². The van der Waals surface area contributed by atoms with E-state index >= 15 is 0 Å². The predicted molar refractivity (Wildman–Crippen MR) is 134 cm³/mol. The molecule has 0 aliphatic heterocycles. The van der Waals surface area contributed by atoms with Gasteiger partial charge in [-0.15, -0.1) is 0 Å². The molecule has 2 N–H and O–H groups in total. The molecule has 4 bridgehead atoms. The van der Waals surface area contributed by atoms with Crippen LogP contribution in [0.1, 0.15) is 59.3 Å². The van der Waals surface area contributed by atoms with Crippen LogP contribution in [0.15, 0.2) is 42.6 Å². The van der Waals surface area contributed by atoms with Crippen molar-refractivity contribution in [2.45, 2.75) is 70.4 Å². The molecule has 6 rings (SSSR count). The zero-order valence-corrected chi connectivity index (χ0v) is 20.8. The van der Waals surface area contributed by atoms with Gasteiger partial charge in [-0.2, -0.15) is 0 Å². The van der Waals surface area contributed by atoms with Gasteiger partial charge in [-0.25, -0.2) is 14.6 Å². The van der Waals surface area contributed by atoms with Crippen LogP contribution in [-0.4, -0.2) is 34.7 Å². The van der Waals surface area contributed by atoms with E-state index in [0.29, 0.717) is 12.5 Å². The van der Waals surface area contributed by atoms with Crippen LogP contribution < -0.4 is 15.4 Å². The van der Waals surface area contributed by atoms with E-state index in [2.05, 4.69) is 15.6 Å². The number of carbonyl (C=O) groups is 2. The average molecular weight is 478 g/mol. The smallest absolute Gasteiger partial charge is 0.349 e. The van der Waals surface area contributed by atoms with Gasteiger partial charge in [-0.3, -0.25) is 0 Å². The highest BCUT2D eigenvalue weighted by atomic mass is 16.6. The Bertz CT molecular complexity index is 1040. The van der Waals surface area contributed by atoms with E-state index in [4.69, 9.17) is 9.47 Å². The number of urea groups is 1. The SMILES string of the molecule is CCOC(=O)C(C)(C)Oc1ccc(-c2ccc(NC(=O)NC34CC5CC(CC(C5)C3)C4)cc2)cn1. The summed E-state index contributed by atoms with van der Waals surface area (Å²) in [5.74, 6) is 2.31. The summed E-state index contributed by atoms with van der Waals surface area (Å²) in [5.41, 5.74) is 1.53. The van der Waals surface area contributed by atoms with Crippen molar-refractivity contribution >= 4 is 17.7 Å². The van der Waals surface area contributed by atoms with Crippen molar-refractivity contribution in [1.29, 1.82) is 0 Å². The van der Waals surface area contributed by atoms with E-state index < -0.39 is 11.6 Å². The molecule has 4 fully saturated rings. The molecule has 2 amide bonds. The standard InChI is InChI=1S/C28H35N3O4/c1-4-34-25(32)27(2,3)35-24-10-7-22(17-29-24)21-5-8-23(9-6-21)30-26(33)31-28-14-18-11-19(15-28)13-20(12-18)16-28/h5-10,17-20H,4,11-16H2,1-3H3,(H2,30,31,33). The lowest BCUT2D eigenvalue weighted by Crippen LogP contribution is -2.60. The van der Waals surface area contributed by atoms with Gasteiger partial charge in [-0.05, 0) is 101 Å². The van der Waals surface area contributed by atoms with Gasteiger partial charge in [0.25, 0.3) is 0 Å². The number of pyridine rings is 1. The van der Waals surface area contributed by atoms with Gasteiger partial charge in [-0.1, -0.05) is 12.1 Å². The Kier molecular flexibility index (Phi) is 6.20. The Morgan fingerprint density at radius 1 is 0.971 bits per heavy atom. The molecule has 4 aliphatic carbocycles. The quantitative estimate of drug-likeness (QED) is 0.510. The third-order valence-corrected chi connectivity index (χ3v) is 7.76. The number of ether oxygens (including phenoxy) is 2. The Hall–Kier alpha value is -3.09. The number of esters is 1. The van der Waals surface area contributed by atoms with Crippen LogP contribution in [0.4, 0.5) is 10.5 Å². The summed E-state index contributed by atoms with van der Waals surface area (Å²) in [6, 6.07) is 11.3. The minimum atomic E-state index is -1.12. The van der Waals surface area contributed by atoms with Crippen LogP contribution in [0.25, 0.3) is 11.1 Å². The van der Waals surface area contributed by atoms with Crippen molar-refractivity contribution in [2.24, 2.45) is 17.8 Å². The summed E-state index contributed by atoms with van der Waals surface area (Å²) in [7, 11) is 0. The number of aromatic nitrogens is 1. The van der Waals surface area contributed by atoms with Gasteiger partial charge >= 0.3 is 12.0 Å². The maximum atomic E-state index is 12.8. The topological polar surface area (TPSA) is 89.5 Å². The van der Waals surface area contributed by atoms with Crippen LogP contribution in [0.2, 0.25) is 0 Å². The summed E-state index contributed by atoms with van der Waals surface area (Å²) in [5, 5.41) is 6.37. The predicted octanol–water partition coefficient (Wildman–Crippen LogP) is 5.56. The number of amides is 2. The molecule has 7 nitrogen and oxygen atoms in total. The monoisotopic (exact) mass is 477 g/mol. The van der Waals surface area contributed by atoms with Crippen LogP contribution >= 0.6 is 0 Å². The molecule has 0 radical (unpaired) electrons. The molecule has 4 aliphatic rings. The van der Waals surface area contributed by atoms with Gasteiger partial charge in [0.1, 0.15) is 0 Å². The molecule has 2 aromatic rings. The van der Waals surface area contributed by atoms with Gasteiger partial charge in [0, 0.05) is 29.1 Å². The Balaban J connectivity index is 1.18. The van der Waals surface area contributed by atoms with E-state index in [1.807, 2.05) is 30.3 Å². The fourth-order valence-corrected chi connectivity index (χ4v) is 6.63. The number of hydrogen-bond donors (Lipinski definition) is 2. The molecule has 1 aromatic heterocycles. The first kappa shape index (κ1) is 23.6. The summed E-state index contributed by atoms with van der Waals surface area (Å²) in [4.78, 5) is 29.2. The normalized spacial score (nSPS) is 26.8. The summed E-state index contributed by atoms with van der Waals surface area (Å²) in [6.45, 7) is 5.38. The highest BCUT2D eigenvalue weighted by molar-refractivity contribution is 5.90. The Morgan fingerprint density at radius 2 is 1.57 bits per heavy atom. The van der Waals surface area contributed by atoms with Gasteiger partial charge in [0.15, 0.2) is 0 Å². The van der Waals surface area contributed by atoms with Crippen molar-refractivity contribution in [3.8, 4) is 17.0 Å². The molecule has 186 valence electrons. The minimum Gasteiger partial charge on any atom is -0.463 e. The lowest BCUT2D eigenvalue weighted by Gasteiger charge is -2.56. The van der Waals surface area contributed by atoms with Crippen molar-refractivity contribution in [1.82, 2.24) is 10.3 Å². The highest BCUT2D eigenvalue weighted by Gasteiger charge is 2.51. The summed E-state index contributed by atoms with van der Waals surface area (Å²) in [6.07, 6.45) is 9.18. The second-order valence-corrected chi connectivity index (χ2v) is 11.1. The fourth-order valence-electron chi connectivity index (χ4n) is 6.63. The molecular weight excluding hydrogens is 442 g/mol. The highest BCUT2D eigenvalue weighted by Crippen LogP contribution is 2.55. The molecule has 35 heavy (non-hydrogen) atoms. The van der Waals surface area contributed by atoms with Crippen molar-refractivity contribution < 1.29 is 19.1 Å². The number of hydrogen-bond acceptors (Lipinski definition) is 5. The van der Waals surface area contributed by atoms with Crippen molar-refractivity contribution in [3.63, 3.8) is 0 Å². The number of nitrogens with zero attached hydrogens (tertiary/aromatic N) is 1. The largest absolute Gasteiger partial charge is 0.463 e. The van der Waals surface area contributed by atoms with Gasteiger partial charge in [0.05, 0.1) is 6.61 Å². The molecule has 4 saturated carbocycles. The van der Waals surface area contributed by atoms with Crippen LogP contribution in [0.5, 0.6) is 5.88 Å². The Labute approximate surface area is 207 Å². The number of rotatable bonds is 7. The van der Waals surface area contributed by atoms with E-state index in [0.717, 1.165) is 53.8 Å². The lowest BCUT2D eigenvalue weighted by molar-refractivity contribution is -0.158. The first-order valence-electron chi connectivity index (χ1n) is 12.8. The second-order valence-electron chi connectivity index (χ2n) is 11.1.